The number of hydrogen-bond donors (Lipinski definition) is 6. The fraction of sp³-hybridized carbons (Fsp3) is 0.923. The van der Waals surface area contributed by atoms with Crippen LogP contribution in [0.1, 0.15) is 107 Å². The first kappa shape index (κ1) is 28.7. The third-order valence-corrected chi connectivity index (χ3v) is 6.73. The molecule has 8 nitrogen and oxygen atoms in total. The van der Waals surface area contributed by atoms with Gasteiger partial charge in [-0.3, -0.25) is 0 Å². The van der Waals surface area contributed by atoms with E-state index >= 15 is 0 Å². The lowest BCUT2D eigenvalue weighted by molar-refractivity contribution is 0.146. The number of rotatable bonds is 9. The van der Waals surface area contributed by atoms with Gasteiger partial charge in [-0.05, 0) is 93.9 Å². The number of unbranched alkanes of at least 4 members (excludes halogenated alkanes) is 3. The van der Waals surface area contributed by atoms with Crippen LogP contribution in [0.5, 0.6) is 0 Å². The largest absolute Gasteiger partial charge is 0.338 e. The Bertz CT molecular complexity index is 599. The second-order valence-electron chi connectivity index (χ2n) is 13.2. The molecule has 4 amide bonds. The maximum Gasteiger partial charge on any atom is 0.315 e. The van der Waals surface area contributed by atoms with Gasteiger partial charge in [-0.15, -0.1) is 0 Å². The van der Waals surface area contributed by atoms with E-state index in [1.165, 1.54) is 0 Å². The molecule has 2 heterocycles. The summed E-state index contributed by atoms with van der Waals surface area (Å²) in [5.41, 5.74) is 0.0771. The van der Waals surface area contributed by atoms with Gasteiger partial charge in [-0.2, -0.15) is 0 Å². The van der Waals surface area contributed by atoms with E-state index in [0.717, 1.165) is 51.4 Å². The molecule has 2 aliphatic heterocycles. The molecule has 8 heteroatoms. The lowest BCUT2D eigenvalue weighted by atomic mass is 9.79. The Hall–Kier alpha value is -1.54. The van der Waals surface area contributed by atoms with Crippen LogP contribution in [0.2, 0.25) is 0 Å². The first-order chi connectivity index (χ1) is 15.6. The normalized spacial score (nSPS) is 23.6. The van der Waals surface area contributed by atoms with Crippen LogP contribution in [0, 0.1) is 0 Å². The molecule has 0 atom stereocenters. The van der Waals surface area contributed by atoms with Gasteiger partial charge in [0, 0.05) is 47.3 Å². The predicted molar refractivity (Wildman–Crippen MR) is 140 cm³/mol. The first-order valence-electron chi connectivity index (χ1n) is 13.2. The van der Waals surface area contributed by atoms with Crippen LogP contribution in [0.25, 0.3) is 0 Å². The predicted octanol–water partition coefficient (Wildman–Crippen LogP) is 3.76. The highest BCUT2D eigenvalue weighted by atomic mass is 16.2. The third kappa shape index (κ3) is 10.8. The first-order valence-corrected chi connectivity index (χ1v) is 13.2. The minimum Gasteiger partial charge on any atom is -0.338 e. The molecule has 2 saturated heterocycles. The van der Waals surface area contributed by atoms with Crippen LogP contribution >= 0.6 is 0 Å². The van der Waals surface area contributed by atoms with E-state index in [1.807, 2.05) is 0 Å². The summed E-state index contributed by atoms with van der Waals surface area (Å²) < 4.78 is 0. The van der Waals surface area contributed by atoms with E-state index in [2.05, 4.69) is 87.3 Å². The summed E-state index contributed by atoms with van der Waals surface area (Å²) in [7, 11) is 0. The Kier molecular flexibility index (Phi) is 9.68. The second kappa shape index (κ2) is 11.5. The molecule has 0 aromatic rings. The van der Waals surface area contributed by atoms with Crippen molar-refractivity contribution in [3.8, 4) is 0 Å². The molecule has 2 rings (SSSR count). The van der Waals surface area contributed by atoms with Crippen LogP contribution < -0.4 is 31.9 Å². The molecule has 0 aromatic carbocycles. The summed E-state index contributed by atoms with van der Waals surface area (Å²) in [5, 5.41) is 19.6. The van der Waals surface area contributed by atoms with Gasteiger partial charge in [0.1, 0.15) is 0 Å². The van der Waals surface area contributed by atoms with Crippen molar-refractivity contribution in [2.75, 3.05) is 13.1 Å². The molecular formula is C26H52N6O2. The van der Waals surface area contributed by atoms with Crippen molar-refractivity contribution in [2.24, 2.45) is 0 Å². The zero-order valence-corrected chi connectivity index (χ0v) is 23.0. The zero-order chi connectivity index (χ0) is 25.6. The minimum atomic E-state index is -0.0684. The highest BCUT2D eigenvalue weighted by Crippen LogP contribution is 2.29. The smallest absolute Gasteiger partial charge is 0.315 e. The number of carbonyl (C=O) groups excluding carboxylic acids is 2. The van der Waals surface area contributed by atoms with Crippen molar-refractivity contribution in [3.63, 3.8) is 0 Å². The third-order valence-electron chi connectivity index (χ3n) is 6.73. The molecule has 34 heavy (non-hydrogen) atoms. The van der Waals surface area contributed by atoms with Crippen LogP contribution in [-0.2, 0) is 0 Å². The number of piperidine rings is 2. The van der Waals surface area contributed by atoms with E-state index in [1.54, 1.807) is 0 Å². The Labute approximate surface area is 207 Å². The summed E-state index contributed by atoms with van der Waals surface area (Å²) >= 11 is 0. The van der Waals surface area contributed by atoms with Crippen molar-refractivity contribution >= 4 is 12.1 Å². The van der Waals surface area contributed by atoms with Crippen LogP contribution in [0.3, 0.4) is 0 Å². The van der Waals surface area contributed by atoms with E-state index in [4.69, 9.17) is 0 Å². The number of nitrogens with one attached hydrogen (secondary N) is 6. The molecule has 0 bridgehead atoms. The monoisotopic (exact) mass is 480 g/mol. The van der Waals surface area contributed by atoms with Gasteiger partial charge in [-0.25, -0.2) is 9.59 Å². The number of amides is 4. The lowest BCUT2D eigenvalue weighted by Crippen LogP contribution is -2.62. The van der Waals surface area contributed by atoms with Gasteiger partial charge in [0.05, 0.1) is 0 Å². The molecule has 0 saturated carbocycles. The maximum absolute atomic E-state index is 12.3. The number of hydrogen-bond acceptors (Lipinski definition) is 4. The molecule has 6 N–H and O–H groups in total. The van der Waals surface area contributed by atoms with Crippen LogP contribution in [0.15, 0.2) is 0 Å². The fourth-order valence-electron chi connectivity index (χ4n) is 6.33. The summed E-state index contributed by atoms with van der Waals surface area (Å²) in [6, 6.07) is 0.234. The molecule has 0 radical (unpaired) electrons. The Morgan fingerprint density at radius 1 is 0.588 bits per heavy atom. The minimum absolute atomic E-state index is 0.0193. The van der Waals surface area contributed by atoms with Crippen molar-refractivity contribution in [3.05, 3.63) is 0 Å². The van der Waals surface area contributed by atoms with Crippen molar-refractivity contribution < 1.29 is 9.59 Å². The fourth-order valence-corrected chi connectivity index (χ4v) is 6.33. The molecule has 198 valence electrons. The van der Waals surface area contributed by atoms with Crippen LogP contribution in [-0.4, -0.2) is 59.4 Å². The quantitative estimate of drug-likeness (QED) is 0.283. The number of carbonyl (C=O) groups is 2. The molecular weight excluding hydrogens is 428 g/mol. The SMILES string of the molecule is CC1(C)CC(NC(=O)NCCCCCCNC(=O)NC2CC(C)(C)NC(C)(C)C2)CC(C)(C)N1. The Morgan fingerprint density at radius 3 is 1.18 bits per heavy atom. The number of urea groups is 2. The topological polar surface area (TPSA) is 106 Å². The average Bonchev–Trinajstić information content (AvgIpc) is 2.58. The summed E-state index contributed by atoms with van der Waals surface area (Å²) in [4.78, 5) is 24.6. The van der Waals surface area contributed by atoms with Crippen molar-refractivity contribution in [2.45, 2.75) is 141 Å². The summed E-state index contributed by atoms with van der Waals surface area (Å²) in [6.07, 6.45) is 7.68. The van der Waals surface area contributed by atoms with Crippen molar-refractivity contribution in [1.82, 2.24) is 31.9 Å². The Balaban J connectivity index is 1.51. The molecule has 0 aromatic heterocycles. The van der Waals surface area contributed by atoms with Gasteiger partial charge in [0.15, 0.2) is 0 Å². The van der Waals surface area contributed by atoms with E-state index in [9.17, 15) is 9.59 Å². The van der Waals surface area contributed by atoms with E-state index in [0.29, 0.717) is 13.1 Å². The van der Waals surface area contributed by atoms with Gasteiger partial charge < -0.3 is 31.9 Å². The Morgan fingerprint density at radius 2 is 0.882 bits per heavy atom. The highest BCUT2D eigenvalue weighted by Gasteiger charge is 2.39. The van der Waals surface area contributed by atoms with Gasteiger partial charge >= 0.3 is 12.1 Å². The summed E-state index contributed by atoms with van der Waals surface area (Å²) in [6.45, 7) is 18.9. The van der Waals surface area contributed by atoms with E-state index in [-0.39, 0.29) is 46.3 Å². The molecule has 2 aliphatic rings. The lowest BCUT2D eigenvalue weighted by Gasteiger charge is -2.46. The molecule has 0 aliphatic carbocycles. The van der Waals surface area contributed by atoms with Crippen LogP contribution in [0.4, 0.5) is 9.59 Å². The average molecular weight is 481 g/mol. The van der Waals surface area contributed by atoms with Crippen molar-refractivity contribution in [1.29, 1.82) is 0 Å². The second-order valence-corrected chi connectivity index (χ2v) is 13.2. The van der Waals surface area contributed by atoms with E-state index < -0.39 is 0 Å². The maximum atomic E-state index is 12.3. The van der Waals surface area contributed by atoms with Gasteiger partial charge in [-0.1, -0.05) is 12.8 Å². The van der Waals surface area contributed by atoms with Gasteiger partial charge in [0.25, 0.3) is 0 Å². The summed E-state index contributed by atoms with van der Waals surface area (Å²) in [5.74, 6) is 0. The molecule has 0 spiro atoms. The zero-order valence-electron chi connectivity index (χ0n) is 23.0. The molecule has 2 fully saturated rings. The van der Waals surface area contributed by atoms with Gasteiger partial charge in [0.2, 0.25) is 0 Å². The molecule has 0 unspecified atom stereocenters. The standard InChI is InChI=1S/C26H52N6O2/c1-23(2)15-19(16-24(3,4)31-23)29-21(33)27-13-11-9-10-12-14-28-22(34)30-20-17-25(5,6)32-26(7,8)18-20/h19-20,31-32H,9-18H2,1-8H3,(H2,27,29,33)(H2,28,30,34). The highest BCUT2D eigenvalue weighted by molar-refractivity contribution is 5.74.